The molecule has 24 heavy (non-hydrogen) atoms. The molecule has 120 valence electrons. The second kappa shape index (κ2) is 6.71. The van der Waals surface area contributed by atoms with Crippen LogP contribution in [0.15, 0.2) is 54.6 Å². The van der Waals surface area contributed by atoms with Gasteiger partial charge in [-0.3, -0.25) is 4.79 Å². The van der Waals surface area contributed by atoms with Crippen LogP contribution in [0.4, 0.5) is 0 Å². The molecule has 0 saturated carbocycles. The van der Waals surface area contributed by atoms with E-state index in [1.165, 1.54) is 18.1 Å². The number of esters is 1. The van der Waals surface area contributed by atoms with E-state index < -0.39 is 0 Å². The minimum atomic E-state index is -0.314. The first-order valence-electron chi connectivity index (χ1n) is 7.99. The minimum Gasteiger partial charge on any atom is -0.426 e. The average Bonchev–Trinajstić information content (AvgIpc) is 2.55. The molecule has 0 N–H and O–H groups in total. The third kappa shape index (κ3) is 3.54. The predicted octanol–water partition coefficient (Wildman–Crippen LogP) is 5.55. The molecule has 0 aromatic heterocycles. The van der Waals surface area contributed by atoms with E-state index >= 15 is 0 Å². The van der Waals surface area contributed by atoms with Crippen LogP contribution in [0.5, 0.6) is 5.75 Å². The van der Waals surface area contributed by atoms with Crippen LogP contribution in [-0.2, 0) is 4.79 Å². The first-order valence-corrected chi connectivity index (χ1v) is 7.99. The molecular weight excluding hydrogens is 296 g/mol. The zero-order valence-corrected chi connectivity index (χ0v) is 14.2. The van der Waals surface area contributed by atoms with Crippen molar-refractivity contribution in [3.05, 3.63) is 76.9 Å². The lowest BCUT2D eigenvalue weighted by atomic mass is 10.0. The molecule has 0 heterocycles. The summed E-state index contributed by atoms with van der Waals surface area (Å²) in [5, 5.41) is 2.17. The number of fused-ring (bicyclic) bond motifs is 1. The van der Waals surface area contributed by atoms with E-state index in [4.69, 9.17) is 4.74 Å². The molecule has 3 aromatic rings. The fourth-order valence-electron chi connectivity index (χ4n) is 2.66. The number of carbonyl (C=O) groups excluding carboxylic acids is 1. The van der Waals surface area contributed by atoms with Crippen molar-refractivity contribution in [2.75, 3.05) is 0 Å². The molecule has 0 aliphatic heterocycles. The Morgan fingerprint density at radius 1 is 0.875 bits per heavy atom. The van der Waals surface area contributed by atoms with E-state index in [0.717, 1.165) is 21.9 Å². The van der Waals surface area contributed by atoms with E-state index in [1.807, 2.05) is 42.5 Å². The molecule has 3 aromatic carbocycles. The molecule has 0 atom stereocenters. The topological polar surface area (TPSA) is 26.3 Å². The Morgan fingerprint density at radius 3 is 2.25 bits per heavy atom. The van der Waals surface area contributed by atoms with Crippen molar-refractivity contribution in [2.45, 2.75) is 20.8 Å². The Hall–Kier alpha value is -2.87. The van der Waals surface area contributed by atoms with E-state index in [-0.39, 0.29) is 5.97 Å². The molecule has 0 saturated heterocycles. The van der Waals surface area contributed by atoms with Crippen LogP contribution in [0.3, 0.4) is 0 Å². The maximum atomic E-state index is 11.4. The SMILES string of the molecule is CC(=O)Oc1cc2ccccc2cc1C=Cc1ccc(C)c(C)c1. The summed E-state index contributed by atoms with van der Waals surface area (Å²) in [6.07, 6.45) is 4.04. The first-order chi connectivity index (χ1) is 11.5. The number of carbonyl (C=O) groups is 1. The van der Waals surface area contributed by atoms with Gasteiger partial charge >= 0.3 is 5.97 Å². The second-order valence-electron chi connectivity index (χ2n) is 6.01. The van der Waals surface area contributed by atoms with Gasteiger partial charge in [-0.15, -0.1) is 0 Å². The molecule has 0 aliphatic carbocycles. The van der Waals surface area contributed by atoms with E-state index in [1.54, 1.807) is 0 Å². The Morgan fingerprint density at radius 2 is 1.58 bits per heavy atom. The zero-order valence-electron chi connectivity index (χ0n) is 14.2. The van der Waals surface area contributed by atoms with Gasteiger partial charge in [0, 0.05) is 12.5 Å². The standard InChI is InChI=1S/C22H20O2/c1-15-8-9-18(12-16(15)2)10-11-21-13-19-6-4-5-7-20(19)14-22(21)24-17(3)23/h4-14H,1-3H3. The van der Waals surface area contributed by atoms with Crippen LogP contribution in [0, 0.1) is 13.8 Å². The average molecular weight is 316 g/mol. The molecule has 2 nitrogen and oxygen atoms in total. The predicted molar refractivity (Wildman–Crippen MR) is 100 cm³/mol. The number of aryl methyl sites for hydroxylation is 2. The second-order valence-corrected chi connectivity index (χ2v) is 6.01. The van der Waals surface area contributed by atoms with Gasteiger partial charge in [0.05, 0.1) is 0 Å². The van der Waals surface area contributed by atoms with E-state index in [0.29, 0.717) is 5.75 Å². The van der Waals surface area contributed by atoms with E-state index in [2.05, 4.69) is 38.1 Å². The number of hydrogen-bond acceptors (Lipinski definition) is 2. The molecule has 0 bridgehead atoms. The molecular formula is C22H20O2. The summed E-state index contributed by atoms with van der Waals surface area (Å²) in [7, 11) is 0. The molecule has 0 aliphatic rings. The van der Waals surface area contributed by atoms with Crippen molar-refractivity contribution in [3.63, 3.8) is 0 Å². The van der Waals surface area contributed by atoms with Crippen LogP contribution in [0.2, 0.25) is 0 Å². The van der Waals surface area contributed by atoms with Crippen molar-refractivity contribution in [1.82, 2.24) is 0 Å². The number of hydrogen-bond donors (Lipinski definition) is 0. The lowest BCUT2D eigenvalue weighted by Gasteiger charge is -2.08. The van der Waals surface area contributed by atoms with Gasteiger partial charge in [-0.1, -0.05) is 54.6 Å². The highest BCUT2D eigenvalue weighted by molar-refractivity contribution is 5.89. The van der Waals surface area contributed by atoms with Gasteiger partial charge in [0.1, 0.15) is 5.75 Å². The highest BCUT2D eigenvalue weighted by Gasteiger charge is 2.06. The maximum Gasteiger partial charge on any atom is 0.308 e. The third-order valence-corrected chi connectivity index (χ3v) is 4.12. The molecule has 0 spiro atoms. The first kappa shape index (κ1) is 16.0. The van der Waals surface area contributed by atoms with Gasteiger partial charge in [0.25, 0.3) is 0 Å². The molecule has 0 unspecified atom stereocenters. The Bertz CT molecular complexity index is 936. The smallest absolute Gasteiger partial charge is 0.308 e. The van der Waals surface area contributed by atoms with Crippen molar-refractivity contribution in [2.24, 2.45) is 0 Å². The van der Waals surface area contributed by atoms with Gasteiger partial charge in [-0.2, -0.15) is 0 Å². The molecule has 0 amide bonds. The summed E-state index contributed by atoms with van der Waals surface area (Å²) in [6, 6.07) is 18.4. The van der Waals surface area contributed by atoms with Gasteiger partial charge in [0.2, 0.25) is 0 Å². The highest BCUT2D eigenvalue weighted by atomic mass is 16.5. The Labute approximate surface area is 142 Å². The largest absolute Gasteiger partial charge is 0.426 e. The monoisotopic (exact) mass is 316 g/mol. The zero-order chi connectivity index (χ0) is 17.1. The molecule has 0 radical (unpaired) electrons. The summed E-state index contributed by atoms with van der Waals surface area (Å²) in [6.45, 7) is 5.63. The minimum absolute atomic E-state index is 0.314. The number of ether oxygens (including phenoxy) is 1. The molecule has 3 rings (SSSR count). The maximum absolute atomic E-state index is 11.4. The van der Waals surface area contributed by atoms with Crippen molar-refractivity contribution >= 4 is 28.9 Å². The molecule has 0 fully saturated rings. The normalized spacial score (nSPS) is 11.1. The summed E-state index contributed by atoms with van der Waals surface area (Å²) in [5.74, 6) is 0.271. The van der Waals surface area contributed by atoms with Crippen molar-refractivity contribution in [3.8, 4) is 5.75 Å². The summed E-state index contributed by atoms with van der Waals surface area (Å²) < 4.78 is 5.39. The highest BCUT2D eigenvalue weighted by Crippen LogP contribution is 2.28. The lowest BCUT2D eigenvalue weighted by molar-refractivity contribution is -0.131. The Kier molecular flexibility index (Phi) is 4.48. The summed E-state index contributed by atoms with van der Waals surface area (Å²) in [4.78, 5) is 11.4. The summed E-state index contributed by atoms with van der Waals surface area (Å²) >= 11 is 0. The van der Waals surface area contributed by atoms with Crippen LogP contribution < -0.4 is 4.74 Å². The fraction of sp³-hybridized carbons (Fsp3) is 0.136. The van der Waals surface area contributed by atoms with Crippen LogP contribution in [0.25, 0.3) is 22.9 Å². The van der Waals surface area contributed by atoms with Crippen molar-refractivity contribution in [1.29, 1.82) is 0 Å². The van der Waals surface area contributed by atoms with E-state index in [9.17, 15) is 4.79 Å². The fourth-order valence-corrected chi connectivity index (χ4v) is 2.66. The van der Waals surface area contributed by atoms with Crippen LogP contribution in [-0.4, -0.2) is 5.97 Å². The van der Waals surface area contributed by atoms with Gasteiger partial charge < -0.3 is 4.74 Å². The van der Waals surface area contributed by atoms with Gasteiger partial charge in [-0.25, -0.2) is 0 Å². The number of rotatable bonds is 3. The van der Waals surface area contributed by atoms with Gasteiger partial charge in [-0.05, 0) is 53.4 Å². The van der Waals surface area contributed by atoms with Crippen LogP contribution >= 0.6 is 0 Å². The summed E-state index contributed by atoms with van der Waals surface area (Å²) in [5.41, 5.74) is 4.55. The van der Waals surface area contributed by atoms with Crippen LogP contribution in [0.1, 0.15) is 29.2 Å². The number of benzene rings is 3. The van der Waals surface area contributed by atoms with Crippen molar-refractivity contribution < 1.29 is 9.53 Å². The molecule has 2 heteroatoms. The Balaban J connectivity index is 2.03. The third-order valence-electron chi connectivity index (χ3n) is 4.12. The quantitative estimate of drug-likeness (QED) is 0.359. The lowest BCUT2D eigenvalue weighted by Crippen LogP contribution is -2.02. The van der Waals surface area contributed by atoms with Gasteiger partial charge in [0.15, 0.2) is 0 Å².